The average Bonchev–Trinajstić information content (AvgIpc) is 2.95. The second-order valence-electron chi connectivity index (χ2n) is 4.69. The van der Waals surface area contributed by atoms with Crippen molar-refractivity contribution in [2.45, 2.75) is 26.7 Å². The van der Waals surface area contributed by atoms with Crippen molar-refractivity contribution in [3.63, 3.8) is 0 Å². The first-order chi connectivity index (χ1) is 7.07. The molecule has 0 radical (unpaired) electrons. The van der Waals surface area contributed by atoms with Gasteiger partial charge in [0.05, 0.1) is 0 Å². The Morgan fingerprint density at radius 2 is 1.80 bits per heavy atom. The molecule has 1 saturated carbocycles. The number of ketones is 1. The molecule has 1 aliphatic carbocycles. The molecule has 15 heavy (non-hydrogen) atoms. The Morgan fingerprint density at radius 3 is 2.20 bits per heavy atom. The average molecular weight is 203 g/mol. The fraction of sp³-hybridized carbons (Fsp3) is 0.462. The van der Waals surface area contributed by atoms with Crippen molar-refractivity contribution in [1.82, 2.24) is 0 Å². The first-order valence-corrected chi connectivity index (χ1v) is 5.41. The van der Waals surface area contributed by atoms with Gasteiger partial charge in [-0.1, -0.05) is 17.2 Å². The molecule has 0 heterocycles. The van der Waals surface area contributed by atoms with Crippen LogP contribution in [0.3, 0.4) is 0 Å². The van der Waals surface area contributed by atoms with Crippen molar-refractivity contribution in [2.24, 2.45) is 11.1 Å². The van der Waals surface area contributed by atoms with Crippen LogP contribution in [0.4, 0.5) is 0 Å². The molecule has 2 N–H and O–H groups in total. The summed E-state index contributed by atoms with van der Waals surface area (Å²) in [7, 11) is 0. The van der Waals surface area contributed by atoms with Crippen LogP contribution in [0.2, 0.25) is 0 Å². The van der Waals surface area contributed by atoms with Gasteiger partial charge in [-0.2, -0.15) is 0 Å². The van der Waals surface area contributed by atoms with E-state index in [4.69, 9.17) is 5.73 Å². The van der Waals surface area contributed by atoms with Crippen LogP contribution in [-0.2, 0) is 0 Å². The Morgan fingerprint density at radius 1 is 1.27 bits per heavy atom. The van der Waals surface area contributed by atoms with Gasteiger partial charge in [-0.15, -0.1) is 0 Å². The normalized spacial score (nSPS) is 17.5. The van der Waals surface area contributed by atoms with E-state index in [0.717, 1.165) is 29.5 Å². The van der Waals surface area contributed by atoms with Crippen LogP contribution < -0.4 is 5.73 Å². The number of hydrogen-bond acceptors (Lipinski definition) is 2. The molecule has 0 amide bonds. The molecule has 0 aromatic heterocycles. The van der Waals surface area contributed by atoms with Crippen molar-refractivity contribution in [2.75, 3.05) is 6.54 Å². The summed E-state index contributed by atoms with van der Waals surface area (Å²) < 4.78 is 0. The van der Waals surface area contributed by atoms with E-state index in [1.165, 1.54) is 0 Å². The van der Waals surface area contributed by atoms with E-state index in [-0.39, 0.29) is 11.2 Å². The van der Waals surface area contributed by atoms with Crippen LogP contribution in [0, 0.1) is 19.3 Å². The summed E-state index contributed by atoms with van der Waals surface area (Å²) in [6.45, 7) is 4.52. The predicted octanol–water partition coefficient (Wildman–Crippen LogP) is 2.23. The first kappa shape index (κ1) is 10.4. The summed E-state index contributed by atoms with van der Waals surface area (Å²) >= 11 is 0. The SMILES string of the molecule is Cc1cc(C)cc(C(=O)C2(CN)CC2)c1. The van der Waals surface area contributed by atoms with Gasteiger partial charge in [0.15, 0.2) is 5.78 Å². The lowest BCUT2D eigenvalue weighted by molar-refractivity contribution is 0.0905. The van der Waals surface area contributed by atoms with Crippen LogP contribution in [-0.4, -0.2) is 12.3 Å². The maximum atomic E-state index is 12.2. The zero-order valence-corrected chi connectivity index (χ0v) is 9.34. The van der Waals surface area contributed by atoms with Crippen molar-refractivity contribution in [1.29, 1.82) is 0 Å². The zero-order chi connectivity index (χ0) is 11.1. The van der Waals surface area contributed by atoms with E-state index in [9.17, 15) is 4.79 Å². The third kappa shape index (κ3) is 1.82. The van der Waals surface area contributed by atoms with E-state index in [1.807, 2.05) is 26.0 Å². The zero-order valence-electron chi connectivity index (χ0n) is 9.34. The van der Waals surface area contributed by atoms with Crippen molar-refractivity contribution in [3.8, 4) is 0 Å². The van der Waals surface area contributed by atoms with Gasteiger partial charge in [-0.05, 0) is 38.8 Å². The minimum absolute atomic E-state index is 0.222. The van der Waals surface area contributed by atoms with Gasteiger partial charge < -0.3 is 5.73 Å². The first-order valence-electron chi connectivity index (χ1n) is 5.41. The van der Waals surface area contributed by atoms with Crippen LogP contribution in [0.1, 0.15) is 34.3 Å². The second kappa shape index (κ2) is 3.46. The third-order valence-electron chi connectivity index (χ3n) is 3.21. The van der Waals surface area contributed by atoms with Crippen molar-refractivity contribution < 1.29 is 4.79 Å². The van der Waals surface area contributed by atoms with Gasteiger partial charge in [0, 0.05) is 17.5 Å². The topological polar surface area (TPSA) is 43.1 Å². The van der Waals surface area contributed by atoms with Crippen LogP contribution in [0.5, 0.6) is 0 Å². The predicted molar refractivity (Wildman–Crippen MR) is 61.0 cm³/mol. The molecule has 1 aliphatic rings. The molecule has 0 spiro atoms. The number of hydrogen-bond donors (Lipinski definition) is 1. The molecular weight excluding hydrogens is 186 g/mol. The molecule has 0 aliphatic heterocycles. The number of benzene rings is 1. The summed E-state index contributed by atoms with van der Waals surface area (Å²) in [5.41, 5.74) is 8.56. The van der Waals surface area contributed by atoms with Gasteiger partial charge in [-0.3, -0.25) is 4.79 Å². The number of carbonyl (C=O) groups excluding carboxylic acids is 1. The minimum Gasteiger partial charge on any atom is -0.329 e. The Hall–Kier alpha value is -1.15. The fourth-order valence-corrected chi connectivity index (χ4v) is 2.09. The second-order valence-corrected chi connectivity index (χ2v) is 4.69. The minimum atomic E-state index is -0.222. The van der Waals surface area contributed by atoms with E-state index < -0.39 is 0 Å². The maximum absolute atomic E-state index is 12.2. The maximum Gasteiger partial charge on any atom is 0.170 e. The molecule has 1 aromatic rings. The number of carbonyl (C=O) groups is 1. The summed E-state index contributed by atoms with van der Waals surface area (Å²) in [4.78, 5) is 12.2. The molecular formula is C13H17NO. The van der Waals surface area contributed by atoms with E-state index in [2.05, 4.69) is 6.07 Å². The summed E-state index contributed by atoms with van der Waals surface area (Å²) in [5.74, 6) is 0.233. The highest BCUT2D eigenvalue weighted by Gasteiger charge is 2.48. The molecule has 1 fully saturated rings. The van der Waals surface area contributed by atoms with E-state index in [1.54, 1.807) is 0 Å². The van der Waals surface area contributed by atoms with Gasteiger partial charge >= 0.3 is 0 Å². The lowest BCUT2D eigenvalue weighted by Gasteiger charge is -2.12. The lowest BCUT2D eigenvalue weighted by Crippen LogP contribution is -2.25. The highest BCUT2D eigenvalue weighted by molar-refractivity contribution is 6.02. The lowest BCUT2D eigenvalue weighted by atomic mass is 9.93. The Kier molecular flexibility index (Phi) is 2.39. The number of rotatable bonds is 3. The molecule has 2 rings (SSSR count). The standard InChI is InChI=1S/C13H17NO/c1-9-5-10(2)7-11(6-9)12(15)13(8-14)3-4-13/h5-7H,3-4,8,14H2,1-2H3. The Labute approximate surface area is 90.5 Å². The summed E-state index contributed by atoms with van der Waals surface area (Å²) in [6.07, 6.45) is 1.91. The van der Waals surface area contributed by atoms with Gasteiger partial charge in [-0.25, -0.2) is 0 Å². The number of nitrogens with two attached hydrogens (primary N) is 1. The quantitative estimate of drug-likeness (QED) is 0.765. The third-order valence-corrected chi connectivity index (χ3v) is 3.21. The van der Waals surface area contributed by atoms with Crippen molar-refractivity contribution >= 4 is 5.78 Å². The largest absolute Gasteiger partial charge is 0.329 e. The number of aryl methyl sites for hydroxylation is 2. The van der Waals surface area contributed by atoms with Crippen molar-refractivity contribution in [3.05, 3.63) is 34.9 Å². The van der Waals surface area contributed by atoms with Crippen LogP contribution in [0.15, 0.2) is 18.2 Å². The smallest absolute Gasteiger partial charge is 0.170 e. The molecule has 0 unspecified atom stereocenters. The molecule has 0 saturated heterocycles. The van der Waals surface area contributed by atoms with E-state index in [0.29, 0.717) is 6.54 Å². The highest BCUT2D eigenvalue weighted by Crippen LogP contribution is 2.47. The van der Waals surface area contributed by atoms with Crippen LogP contribution >= 0.6 is 0 Å². The highest BCUT2D eigenvalue weighted by atomic mass is 16.1. The Balaban J connectivity index is 2.34. The van der Waals surface area contributed by atoms with Gasteiger partial charge in [0.2, 0.25) is 0 Å². The molecule has 0 atom stereocenters. The monoisotopic (exact) mass is 203 g/mol. The van der Waals surface area contributed by atoms with Crippen LogP contribution in [0.25, 0.3) is 0 Å². The Bertz CT molecular complexity index is 385. The molecule has 1 aromatic carbocycles. The summed E-state index contributed by atoms with van der Waals surface area (Å²) in [6, 6.07) is 6.01. The van der Waals surface area contributed by atoms with Gasteiger partial charge in [0.1, 0.15) is 0 Å². The molecule has 80 valence electrons. The van der Waals surface area contributed by atoms with Gasteiger partial charge in [0.25, 0.3) is 0 Å². The molecule has 2 heteroatoms. The number of Topliss-reactive ketones (excluding diaryl/α,β-unsaturated/α-hetero) is 1. The summed E-state index contributed by atoms with van der Waals surface area (Å²) in [5, 5.41) is 0. The fourth-order valence-electron chi connectivity index (χ4n) is 2.09. The van der Waals surface area contributed by atoms with E-state index >= 15 is 0 Å². The molecule has 0 bridgehead atoms. The molecule has 2 nitrogen and oxygen atoms in total.